The fourth-order valence-corrected chi connectivity index (χ4v) is 3.16. The van der Waals surface area contributed by atoms with Gasteiger partial charge in [0.25, 0.3) is 0 Å². The van der Waals surface area contributed by atoms with Crippen LogP contribution in [-0.4, -0.2) is 33.6 Å². The maximum Gasteiger partial charge on any atom is 0.160 e. The van der Waals surface area contributed by atoms with E-state index < -0.39 is 0 Å². The van der Waals surface area contributed by atoms with Crippen molar-refractivity contribution < 1.29 is 4.74 Å². The lowest BCUT2D eigenvalue weighted by atomic mass is 10.0. The summed E-state index contributed by atoms with van der Waals surface area (Å²) < 4.78 is 7.80. The molecule has 2 aromatic rings. The summed E-state index contributed by atoms with van der Waals surface area (Å²) in [5.41, 5.74) is 3.14. The molecule has 3 heterocycles. The molecule has 2 unspecified atom stereocenters. The van der Waals surface area contributed by atoms with E-state index in [-0.39, 0.29) is 0 Å². The normalized spacial score (nSPS) is 20.6. The molecular weight excluding hydrogens is 274 g/mol. The molecule has 2 atom stereocenters. The standard InChI is InChI=1S/C15H20ClN3O/c1-10-4-7-17-15-14(10)18-13(3-6-16)19(15)11(2)12-5-8-20-9-12/h4,7,11-12H,3,5-6,8-9H2,1-2H3. The molecule has 1 saturated heterocycles. The van der Waals surface area contributed by atoms with Crippen molar-refractivity contribution in [2.45, 2.75) is 32.7 Å². The maximum atomic E-state index is 5.94. The Morgan fingerprint density at radius 3 is 3.10 bits per heavy atom. The van der Waals surface area contributed by atoms with Crippen molar-refractivity contribution in [2.24, 2.45) is 5.92 Å². The van der Waals surface area contributed by atoms with Crippen LogP contribution >= 0.6 is 11.6 Å². The molecule has 0 saturated carbocycles. The molecule has 4 nitrogen and oxygen atoms in total. The average Bonchev–Trinajstić information content (AvgIpc) is 3.06. The Morgan fingerprint density at radius 1 is 1.55 bits per heavy atom. The summed E-state index contributed by atoms with van der Waals surface area (Å²) in [5, 5.41) is 0. The highest BCUT2D eigenvalue weighted by atomic mass is 35.5. The van der Waals surface area contributed by atoms with Gasteiger partial charge in [0, 0.05) is 37.1 Å². The highest BCUT2D eigenvalue weighted by molar-refractivity contribution is 6.17. The van der Waals surface area contributed by atoms with Gasteiger partial charge >= 0.3 is 0 Å². The number of fused-ring (bicyclic) bond motifs is 1. The Balaban J connectivity index is 2.10. The van der Waals surface area contributed by atoms with Gasteiger partial charge in [0.15, 0.2) is 5.65 Å². The molecule has 108 valence electrons. The first-order valence-electron chi connectivity index (χ1n) is 7.18. The fourth-order valence-electron chi connectivity index (χ4n) is 2.99. The first-order valence-corrected chi connectivity index (χ1v) is 7.72. The van der Waals surface area contributed by atoms with Gasteiger partial charge in [-0.3, -0.25) is 0 Å². The summed E-state index contributed by atoms with van der Waals surface area (Å²) in [4.78, 5) is 9.32. The van der Waals surface area contributed by atoms with E-state index >= 15 is 0 Å². The van der Waals surface area contributed by atoms with Gasteiger partial charge in [-0.1, -0.05) is 0 Å². The van der Waals surface area contributed by atoms with Crippen LogP contribution in [0.15, 0.2) is 12.3 Å². The zero-order valence-corrected chi connectivity index (χ0v) is 12.7. The lowest BCUT2D eigenvalue weighted by Gasteiger charge is -2.22. The van der Waals surface area contributed by atoms with Crippen molar-refractivity contribution >= 4 is 22.8 Å². The lowest BCUT2D eigenvalue weighted by Crippen LogP contribution is -2.19. The monoisotopic (exact) mass is 293 g/mol. The summed E-state index contributed by atoms with van der Waals surface area (Å²) in [6.45, 7) is 6.00. The summed E-state index contributed by atoms with van der Waals surface area (Å²) in [6, 6.07) is 2.35. The van der Waals surface area contributed by atoms with E-state index in [1.165, 1.54) is 5.56 Å². The van der Waals surface area contributed by atoms with Crippen LogP contribution < -0.4 is 0 Å². The minimum atomic E-state index is 0.343. The molecule has 0 N–H and O–H groups in total. The van der Waals surface area contributed by atoms with Crippen LogP contribution in [0.4, 0.5) is 0 Å². The van der Waals surface area contributed by atoms with Crippen molar-refractivity contribution in [1.29, 1.82) is 0 Å². The molecule has 1 fully saturated rings. The topological polar surface area (TPSA) is 39.9 Å². The minimum Gasteiger partial charge on any atom is -0.381 e. The number of rotatable bonds is 4. The zero-order chi connectivity index (χ0) is 14.1. The fraction of sp³-hybridized carbons (Fsp3) is 0.600. The number of aryl methyl sites for hydroxylation is 2. The molecule has 0 bridgehead atoms. The van der Waals surface area contributed by atoms with Crippen molar-refractivity contribution in [3.63, 3.8) is 0 Å². The van der Waals surface area contributed by atoms with Crippen molar-refractivity contribution in [3.8, 4) is 0 Å². The number of hydrogen-bond acceptors (Lipinski definition) is 3. The molecule has 1 aliphatic rings. The molecule has 0 spiro atoms. The van der Waals surface area contributed by atoms with Crippen LogP contribution in [-0.2, 0) is 11.2 Å². The van der Waals surface area contributed by atoms with Crippen molar-refractivity contribution in [2.75, 3.05) is 19.1 Å². The van der Waals surface area contributed by atoms with Crippen LogP contribution in [0.2, 0.25) is 0 Å². The number of ether oxygens (including phenoxy) is 1. The first-order chi connectivity index (χ1) is 9.72. The second-order valence-corrected chi connectivity index (χ2v) is 5.88. The molecule has 20 heavy (non-hydrogen) atoms. The minimum absolute atomic E-state index is 0.343. The van der Waals surface area contributed by atoms with Crippen molar-refractivity contribution in [3.05, 3.63) is 23.7 Å². The van der Waals surface area contributed by atoms with E-state index in [1.807, 2.05) is 12.3 Å². The predicted octanol–water partition coefficient (Wildman–Crippen LogP) is 3.12. The van der Waals surface area contributed by atoms with E-state index in [0.717, 1.165) is 43.0 Å². The molecule has 3 rings (SSSR count). The van der Waals surface area contributed by atoms with Gasteiger partial charge in [-0.15, -0.1) is 11.6 Å². The summed E-state index contributed by atoms with van der Waals surface area (Å²) in [7, 11) is 0. The third-order valence-corrected chi connectivity index (χ3v) is 4.42. The molecule has 0 amide bonds. The molecule has 0 radical (unpaired) electrons. The van der Waals surface area contributed by atoms with Crippen LogP contribution in [0, 0.1) is 12.8 Å². The van der Waals surface area contributed by atoms with Gasteiger partial charge in [0.1, 0.15) is 11.3 Å². The highest BCUT2D eigenvalue weighted by Gasteiger charge is 2.27. The molecule has 0 aliphatic carbocycles. The molecule has 5 heteroatoms. The number of hydrogen-bond donors (Lipinski definition) is 0. The number of nitrogens with zero attached hydrogens (tertiary/aromatic N) is 3. The van der Waals surface area contributed by atoms with Gasteiger partial charge in [-0.2, -0.15) is 0 Å². The van der Waals surface area contributed by atoms with E-state index in [1.54, 1.807) is 0 Å². The second-order valence-electron chi connectivity index (χ2n) is 5.50. The van der Waals surface area contributed by atoms with E-state index in [2.05, 4.69) is 23.4 Å². The summed E-state index contributed by atoms with van der Waals surface area (Å²) in [5.74, 6) is 2.15. The zero-order valence-electron chi connectivity index (χ0n) is 12.0. The molecule has 1 aliphatic heterocycles. The third kappa shape index (κ3) is 2.31. The number of alkyl halides is 1. The SMILES string of the molecule is Cc1ccnc2c1nc(CCCl)n2C(C)C1CCOC1. The Bertz CT molecular complexity index is 604. The largest absolute Gasteiger partial charge is 0.381 e. The summed E-state index contributed by atoms with van der Waals surface area (Å²) >= 11 is 5.94. The average molecular weight is 294 g/mol. The van der Waals surface area contributed by atoms with Crippen LogP contribution in [0.1, 0.15) is 30.8 Å². The number of pyridine rings is 1. The quantitative estimate of drug-likeness (QED) is 0.813. The van der Waals surface area contributed by atoms with Crippen LogP contribution in [0.5, 0.6) is 0 Å². The van der Waals surface area contributed by atoms with Crippen LogP contribution in [0.25, 0.3) is 11.2 Å². The van der Waals surface area contributed by atoms with E-state index in [4.69, 9.17) is 21.3 Å². The Hall–Kier alpha value is -1.13. The third-order valence-electron chi connectivity index (χ3n) is 4.23. The highest BCUT2D eigenvalue weighted by Crippen LogP contribution is 2.31. The number of aromatic nitrogens is 3. The molecular formula is C15H20ClN3O. The first kappa shape index (κ1) is 13.8. The van der Waals surface area contributed by atoms with Crippen molar-refractivity contribution in [1.82, 2.24) is 14.5 Å². The van der Waals surface area contributed by atoms with E-state index in [0.29, 0.717) is 17.8 Å². The Kier molecular flexibility index (Phi) is 3.94. The Morgan fingerprint density at radius 2 is 2.40 bits per heavy atom. The number of halogens is 1. The smallest absolute Gasteiger partial charge is 0.160 e. The van der Waals surface area contributed by atoms with Gasteiger partial charge in [0.05, 0.1) is 6.61 Å². The molecule has 0 aromatic carbocycles. The number of imidazole rings is 1. The second kappa shape index (κ2) is 5.70. The maximum absolute atomic E-state index is 5.94. The van der Waals surface area contributed by atoms with Gasteiger partial charge < -0.3 is 9.30 Å². The summed E-state index contributed by atoms with van der Waals surface area (Å²) in [6.07, 6.45) is 3.74. The lowest BCUT2D eigenvalue weighted by molar-refractivity contribution is 0.175. The van der Waals surface area contributed by atoms with Crippen LogP contribution in [0.3, 0.4) is 0 Å². The predicted molar refractivity (Wildman–Crippen MR) is 80.3 cm³/mol. The van der Waals surface area contributed by atoms with E-state index in [9.17, 15) is 0 Å². The van der Waals surface area contributed by atoms with Gasteiger partial charge in [0.2, 0.25) is 0 Å². The molecule has 2 aromatic heterocycles. The van der Waals surface area contributed by atoms with Gasteiger partial charge in [-0.05, 0) is 31.9 Å². The Labute approximate surface area is 124 Å². The van der Waals surface area contributed by atoms with Gasteiger partial charge in [-0.25, -0.2) is 9.97 Å².